The van der Waals surface area contributed by atoms with Gasteiger partial charge in [0.15, 0.2) is 0 Å². The fourth-order valence-corrected chi connectivity index (χ4v) is 9.60. The van der Waals surface area contributed by atoms with Gasteiger partial charge in [-0.05, 0) is 49.2 Å². The number of nitrogens with zero attached hydrogens (tertiary/aromatic N) is 3. The number of carbonyl (C=O) groups is 3. The van der Waals surface area contributed by atoms with E-state index in [2.05, 4.69) is 6.08 Å². The van der Waals surface area contributed by atoms with Crippen LogP contribution in [-0.2, 0) is 14.4 Å². The summed E-state index contributed by atoms with van der Waals surface area (Å²) in [5, 5.41) is 11.2. The summed E-state index contributed by atoms with van der Waals surface area (Å²) in [6.45, 7) is 6.49. The number of benzene rings is 2. The second-order valence-corrected chi connectivity index (χ2v) is 14.1. The molecule has 1 unspecified atom stereocenters. The van der Waals surface area contributed by atoms with Gasteiger partial charge in [0.2, 0.25) is 11.8 Å². The van der Waals surface area contributed by atoms with Crippen LogP contribution in [0, 0.1) is 17.8 Å². The Bertz CT molecular complexity index is 1450. The van der Waals surface area contributed by atoms with Crippen LogP contribution in [0.5, 0.6) is 0 Å². The normalized spacial score (nSPS) is 31.9. The molecule has 6 rings (SSSR count). The molecular weight excluding hydrogens is 570 g/mol. The van der Waals surface area contributed by atoms with E-state index in [1.54, 1.807) is 50.7 Å². The molecule has 9 heteroatoms. The first-order chi connectivity index (χ1) is 20.2. The first-order valence-corrected chi connectivity index (χ1v) is 15.8. The third-order valence-corrected chi connectivity index (χ3v) is 11.6. The van der Waals surface area contributed by atoms with Gasteiger partial charge in [-0.1, -0.05) is 74.4 Å². The van der Waals surface area contributed by atoms with Crippen molar-refractivity contribution in [3.8, 4) is 0 Å². The number of likely N-dealkylation sites (tertiary alicyclic amines) is 1. The van der Waals surface area contributed by atoms with Crippen LogP contribution in [0.3, 0.4) is 0 Å². The Hall–Kier alpha value is -3.07. The van der Waals surface area contributed by atoms with E-state index >= 15 is 0 Å². The summed E-state index contributed by atoms with van der Waals surface area (Å²) in [6.07, 6.45) is 8.76. The van der Waals surface area contributed by atoms with Crippen molar-refractivity contribution in [1.29, 1.82) is 0 Å². The summed E-state index contributed by atoms with van der Waals surface area (Å²) in [4.78, 5) is 49.1. The topological polar surface area (TPSA) is 81.2 Å². The van der Waals surface area contributed by atoms with Crippen LogP contribution in [0.4, 0.5) is 11.4 Å². The van der Waals surface area contributed by atoms with Crippen molar-refractivity contribution in [2.24, 2.45) is 17.8 Å². The average molecular weight is 606 g/mol. The minimum atomic E-state index is -0.991. The van der Waals surface area contributed by atoms with Gasteiger partial charge in [0.05, 0.1) is 29.2 Å². The lowest BCUT2D eigenvalue weighted by Gasteiger charge is -2.41. The Morgan fingerprint density at radius 2 is 1.52 bits per heavy atom. The fourth-order valence-electron chi connectivity index (χ4n) is 7.33. The van der Waals surface area contributed by atoms with Gasteiger partial charge >= 0.3 is 0 Å². The number of hydrogen-bond acceptors (Lipinski definition) is 5. The highest BCUT2D eigenvalue weighted by molar-refractivity contribution is 8.02. The SMILES string of the molecule is CC[C@H](C)[C@H](CO)N1C(=O)[C@@H]2[C@@H]3C(=O)N(c4ccccc4)CC=C[C@]3(C)S[C@@]23C=CCN(c2ccc(Cl)cc2)C(=O)C13. The second kappa shape index (κ2) is 10.9. The third-order valence-electron chi connectivity index (χ3n) is 9.55. The number of thioether (sulfide) groups is 1. The summed E-state index contributed by atoms with van der Waals surface area (Å²) >= 11 is 7.71. The highest BCUT2D eigenvalue weighted by Crippen LogP contribution is 2.66. The molecule has 2 aromatic carbocycles. The number of fused-ring (bicyclic) bond motifs is 2. The second-order valence-electron chi connectivity index (χ2n) is 11.9. The summed E-state index contributed by atoms with van der Waals surface area (Å²) in [7, 11) is 0. The largest absolute Gasteiger partial charge is 0.394 e. The van der Waals surface area contributed by atoms with E-state index in [9.17, 15) is 19.5 Å². The van der Waals surface area contributed by atoms with Crippen LogP contribution in [0.1, 0.15) is 27.2 Å². The molecule has 2 aromatic rings. The summed E-state index contributed by atoms with van der Waals surface area (Å²) in [5.74, 6) is -2.11. The van der Waals surface area contributed by atoms with Crippen molar-refractivity contribution in [1.82, 2.24) is 4.90 Å². The Labute approximate surface area is 256 Å². The molecule has 2 fully saturated rings. The van der Waals surface area contributed by atoms with Gasteiger partial charge in [0.1, 0.15) is 6.04 Å². The number of para-hydroxylation sites is 1. The van der Waals surface area contributed by atoms with Crippen molar-refractivity contribution >= 4 is 52.5 Å². The Balaban J connectivity index is 1.51. The van der Waals surface area contributed by atoms with Crippen LogP contribution in [0.15, 0.2) is 78.9 Å². The molecule has 0 aliphatic carbocycles. The zero-order chi connectivity index (χ0) is 29.8. The molecule has 1 N–H and O–H groups in total. The number of carbonyl (C=O) groups excluding carboxylic acids is 3. The molecule has 1 spiro atoms. The van der Waals surface area contributed by atoms with Crippen LogP contribution >= 0.6 is 23.4 Å². The molecule has 42 heavy (non-hydrogen) atoms. The lowest BCUT2D eigenvalue weighted by molar-refractivity contribution is -0.143. The summed E-state index contributed by atoms with van der Waals surface area (Å²) < 4.78 is -1.70. The fraction of sp³-hybridized carbons (Fsp3) is 0.424. The minimum absolute atomic E-state index is 0.0548. The molecule has 220 valence electrons. The molecule has 0 bridgehead atoms. The van der Waals surface area contributed by atoms with Gasteiger partial charge in [-0.15, -0.1) is 11.8 Å². The third kappa shape index (κ3) is 4.33. The number of amides is 3. The Morgan fingerprint density at radius 1 is 0.905 bits per heavy atom. The molecule has 7 nitrogen and oxygen atoms in total. The van der Waals surface area contributed by atoms with Crippen molar-refractivity contribution < 1.29 is 19.5 Å². The molecular formula is C33H36ClN3O4S. The van der Waals surface area contributed by atoms with Crippen LogP contribution in [0.25, 0.3) is 0 Å². The number of aliphatic hydroxyl groups excluding tert-OH is 1. The van der Waals surface area contributed by atoms with E-state index in [1.165, 1.54) is 0 Å². The first kappa shape index (κ1) is 29.0. The van der Waals surface area contributed by atoms with E-state index in [0.717, 1.165) is 12.1 Å². The molecule has 0 radical (unpaired) electrons. The van der Waals surface area contributed by atoms with E-state index < -0.39 is 33.4 Å². The number of aliphatic hydroxyl groups is 1. The van der Waals surface area contributed by atoms with Crippen LogP contribution < -0.4 is 9.80 Å². The quantitative estimate of drug-likeness (QED) is 0.472. The minimum Gasteiger partial charge on any atom is -0.394 e. The highest BCUT2D eigenvalue weighted by atomic mass is 35.5. The first-order valence-electron chi connectivity index (χ1n) is 14.6. The predicted molar refractivity (Wildman–Crippen MR) is 168 cm³/mol. The number of halogens is 1. The molecule has 3 amide bonds. The maximum Gasteiger partial charge on any atom is 0.251 e. The smallest absolute Gasteiger partial charge is 0.251 e. The van der Waals surface area contributed by atoms with Gasteiger partial charge in [-0.25, -0.2) is 0 Å². The molecule has 7 atom stereocenters. The molecule has 2 saturated heterocycles. The van der Waals surface area contributed by atoms with Gasteiger partial charge < -0.3 is 19.8 Å². The highest BCUT2D eigenvalue weighted by Gasteiger charge is 2.74. The maximum absolute atomic E-state index is 14.8. The van der Waals surface area contributed by atoms with Crippen LogP contribution in [-0.4, -0.2) is 69.0 Å². The van der Waals surface area contributed by atoms with E-state index in [-0.39, 0.29) is 30.2 Å². The van der Waals surface area contributed by atoms with Crippen molar-refractivity contribution in [2.45, 2.75) is 48.8 Å². The monoisotopic (exact) mass is 605 g/mol. The van der Waals surface area contributed by atoms with Crippen LogP contribution in [0.2, 0.25) is 5.02 Å². The number of anilines is 2. The van der Waals surface area contributed by atoms with E-state index in [1.807, 2.05) is 69.3 Å². The van der Waals surface area contributed by atoms with Crippen molar-refractivity contribution in [3.63, 3.8) is 0 Å². The lowest BCUT2D eigenvalue weighted by atomic mass is 9.74. The van der Waals surface area contributed by atoms with Gasteiger partial charge in [-0.2, -0.15) is 0 Å². The van der Waals surface area contributed by atoms with Crippen molar-refractivity contribution in [3.05, 3.63) is 83.9 Å². The number of rotatable bonds is 6. The molecule has 4 aliphatic rings. The molecule has 4 heterocycles. The Morgan fingerprint density at radius 3 is 2.17 bits per heavy atom. The summed E-state index contributed by atoms with van der Waals surface area (Å²) in [5.41, 5.74) is 1.45. The van der Waals surface area contributed by atoms with Gasteiger partial charge in [-0.3, -0.25) is 14.4 Å². The van der Waals surface area contributed by atoms with E-state index in [4.69, 9.17) is 11.6 Å². The van der Waals surface area contributed by atoms with Gasteiger partial charge in [0.25, 0.3) is 5.91 Å². The Kier molecular flexibility index (Phi) is 7.52. The lowest BCUT2D eigenvalue weighted by Crippen LogP contribution is -2.58. The maximum atomic E-state index is 14.8. The average Bonchev–Trinajstić information content (AvgIpc) is 3.25. The van der Waals surface area contributed by atoms with Crippen molar-refractivity contribution in [2.75, 3.05) is 29.5 Å². The predicted octanol–water partition coefficient (Wildman–Crippen LogP) is 4.94. The summed E-state index contributed by atoms with van der Waals surface area (Å²) in [6, 6.07) is 15.2. The molecule has 0 aromatic heterocycles. The molecule has 4 aliphatic heterocycles. The zero-order valence-corrected chi connectivity index (χ0v) is 25.6. The van der Waals surface area contributed by atoms with Gasteiger partial charge in [0, 0.05) is 34.2 Å². The van der Waals surface area contributed by atoms with E-state index in [0.29, 0.717) is 23.8 Å². The standard InChI is InChI=1S/C33H36ClN3O4S/c1-4-21(2)25(20-38)37-28-31(41)36(24-14-12-22(34)13-15-24)19-9-17-33(28)27(30(37)40)26-29(39)35(23-10-6-5-7-11-23)18-8-16-32(26,3)42-33/h5-17,21,25-28,38H,4,18-20H2,1-3H3/t21-,25-,26+,27-,28?,32-,33-/m0/s1. The molecule has 0 saturated carbocycles. The zero-order valence-electron chi connectivity index (χ0n) is 24.0. The number of hydrogen-bond donors (Lipinski definition) is 1.